The number of nitrogens with zero attached hydrogens (tertiary/aromatic N) is 1. The van der Waals surface area contributed by atoms with Crippen LogP contribution in [0.4, 0.5) is 0 Å². The number of aromatic nitrogens is 2. The van der Waals surface area contributed by atoms with E-state index < -0.39 is 0 Å². The fourth-order valence-electron chi connectivity index (χ4n) is 1.97. The van der Waals surface area contributed by atoms with Crippen LogP contribution in [-0.2, 0) is 0 Å². The van der Waals surface area contributed by atoms with Crippen molar-refractivity contribution in [2.75, 3.05) is 7.11 Å². The molecule has 0 saturated heterocycles. The molecular weight excluding hydrogens is 228 g/mol. The minimum absolute atomic E-state index is 0.155. The van der Waals surface area contributed by atoms with E-state index in [1.807, 2.05) is 26.0 Å². The first-order valence-corrected chi connectivity index (χ1v) is 5.75. The molecule has 0 atom stereocenters. The number of rotatable bonds is 2. The predicted molar refractivity (Wildman–Crippen MR) is 71.1 cm³/mol. The maximum Gasteiger partial charge on any atom is 0.251 e. The van der Waals surface area contributed by atoms with Crippen molar-refractivity contribution in [1.29, 1.82) is 0 Å². The Bertz CT molecular complexity index is 645. The Kier molecular flexibility index (Phi) is 3.19. The van der Waals surface area contributed by atoms with Crippen molar-refractivity contribution in [1.82, 2.24) is 9.97 Å². The van der Waals surface area contributed by atoms with E-state index >= 15 is 0 Å². The summed E-state index contributed by atoms with van der Waals surface area (Å²) in [6, 6.07) is 5.42. The summed E-state index contributed by atoms with van der Waals surface area (Å²) in [5.41, 5.74) is 3.54. The van der Waals surface area contributed by atoms with Gasteiger partial charge < -0.3 is 9.72 Å². The minimum Gasteiger partial charge on any atom is -0.496 e. The smallest absolute Gasteiger partial charge is 0.251 e. The fourth-order valence-corrected chi connectivity index (χ4v) is 1.97. The Labute approximate surface area is 106 Å². The summed E-state index contributed by atoms with van der Waals surface area (Å²) < 4.78 is 5.44. The van der Waals surface area contributed by atoms with Crippen LogP contribution in [0.1, 0.15) is 17.0 Å². The van der Waals surface area contributed by atoms with Crippen molar-refractivity contribution < 1.29 is 4.74 Å². The van der Waals surface area contributed by atoms with Crippen LogP contribution in [0.5, 0.6) is 5.75 Å². The molecule has 18 heavy (non-hydrogen) atoms. The number of ether oxygens (including phenoxy) is 1. The molecule has 0 aliphatic heterocycles. The number of nitrogens with one attached hydrogen (secondary N) is 1. The lowest BCUT2D eigenvalue weighted by atomic mass is 10.0. The average Bonchev–Trinajstić information content (AvgIpc) is 2.31. The highest BCUT2D eigenvalue weighted by Crippen LogP contribution is 2.32. The van der Waals surface area contributed by atoms with Gasteiger partial charge in [0.2, 0.25) is 0 Å². The zero-order valence-electron chi connectivity index (χ0n) is 11.0. The lowest BCUT2D eigenvalue weighted by Gasteiger charge is -2.13. The topological polar surface area (TPSA) is 55.0 Å². The number of hydrogen-bond donors (Lipinski definition) is 1. The van der Waals surface area contributed by atoms with E-state index in [1.165, 1.54) is 6.07 Å². The maximum atomic E-state index is 11.5. The molecule has 0 radical (unpaired) electrons. The summed E-state index contributed by atoms with van der Waals surface area (Å²) in [6.45, 7) is 5.79. The zero-order chi connectivity index (χ0) is 13.3. The summed E-state index contributed by atoms with van der Waals surface area (Å²) in [6.07, 6.45) is 0. The van der Waals surface area contributed by atoms with Crippen molar-refractivity contribution >= 4 is 0 Å². The predicted octanol–water partition coefficient (Wildman–Crippen LogP) is 2.37. The van der Waals surface area contributed by atoms with Crippen molar-refractivity contribution in [3.63, 3.8) is 0 Å². The first-order chi connectivity index (χ1) is 8.52. The van der Waals surface area contributed by atoms with Gasteiger partial charge in [-0.15, -0.1) is 0 Å². The second-order valence-electron chi connectivity index (χ2n) is 4.30. The van der Waals surface area contributed by atoms with E-state index in [0.29, 0.717) is 11.5 Å². The van der Waals surface area contributed by atoms with Gasteiger partial charge in [-0.3, -0.25) is 4.79 Å². The average molecular weight is 244 g/mol. The molecule has 4 nitrogen and oxygen atoms in total. The molecule has 2 rings (SSSR count). The Balaban J connectivity index is 2.71. The van der Waals surface area contributed by atoms with Crippen molar-refractivity contribution in [2.45, 2.75) is 20.8 Å². The highest BCUT2D eigenvalue weighted by molar-refractivity contribution is 5.70. The summed E-state index contributed by atoms with van der Waals surface area (Å²) in [5, 5.41) is 0. The van der Waals surface area contributed by atoms with E-state index in [2.05, 4.69) is 9.97 Å². The largest absolute Gasteiger partial charge is 0.496 e. The molecule has 1 N–H and O–H groups in total. The van der Waals surface area contributed by atoms with Crippen LogP contribution in [0.15, 0.2) is 23.0 Å². The molecule has 0 aliphatic rings. The summed E-state index contributed by atoms with van der Waals surface area (Å²) >= 11 is 0. The van der Waals surface area contributed by atoms with Gasteiger partial charge >= 0.3 is 0 Å². The van der Waals surface area contributed by atoms with Gasteiger partial charge in [0, 0.05) is 11.6 Å². The molecular formula is C14H16N2O2. The van der Waals surface area contributed by atoms with Gasteiger partial charge in [-0.05, 0) is 38.0 Å². The Morgan fingerprint density at radius 3 is 2.56 bits per heavy atom. The quantitative estimate of drug-likeness (QED) is 0.882. The Morgan fingerprint density at radius 2 is 1.94 bits per heavy atom. The molecule has 0 amide bonds. The van der Waals surface area contributed by atoms with Crippen molar-refractivity contribution in [2.24, 2.45) is 0 Å². The van der Waals surface area contributed by atoms with E-state index in [9.17, 15) is 4.79 Å². The zero-order valence-corrected chi connectivity index (χ0v) is 11.0. The highest BCUT2D eigenvalue weighted by atomic mass is 16.5. The number of benzene rings is 1. The molecule has 0 saturated carbocycles. The van der Waals surface area contributed by atoms with Crippen molar-refractivity contribution in [3.8, 4) is 17.0 Å². The highest BCUT2D eigenvalue weighted by Gasteiger charge is 2.12. The molecule has 0 spiro atoms. The second kappa shape index (κ2) is 4.64. The normalized spacial score (nSPS) is 10.4. The van der Waals surface area contributed by atoms with Crippen LogP contribution in [0.3, 0.4) is 0 Å². The van der Waals surface area contributed by atoms with Crippen LogP contribution in [0, 0.1) is 20.8 Å². The molecule has 1 heterocycles. The van der Waals surface area contributed by atoms with Gasteiger partial charge in [-0.1, -0.05) is 6.07 Å². The monoisotopic (exact) mass is 244 g/mol. The van der Waals surface area contributed by atoms with Crippen LogP contribution >= 0.6 is 0 Å². The SMILES string of the molecule is COc1c(-c2cc(=O)[nH]c(C)n2)ccc(C)c1C. The molecule has 2 aromatic rings. The number of aromatic amines is 1. The Morgan fingerprint density at radius 1 is 1.22 bits per heavy atom. The van der Waals surface area contributed by atoms with Gasteiger partial charge in [0.05, 0.1) is 12.8 Å². The van der Waals surface area contributed by atoms with Gasteiger partial charge in [0.1, 0.15) is 11.6 Å². The molecule has 0 unspecified atom stereocenters. The fraction of sp³-hybridized carbons (Fsp3) is 0.286. The van der Waals surface area contributed by atoms with Gasteiger partial charge in [-0.2, -0.15) is 0 Å². The number of methoxy groups -OCH3 is 1. The lowest BCUT2D eigenvalue weighted by Crippen LogP contribution is -2.09. The van der Waals surface area contributed by atoms with E-state index in [4.69, 9.17) is 4.74 Å². The third-order valence-corrected chi connectivity index (χ3v) is 3.02. The molecule has 4 heteroatoms. The third kappa shape index (κ3) is 2.14. The van der Waals surface area contributed by atoms with E-state index in [1.54, 1.807) is 14.0 Å². The molecule has 0 bridgehead atoms. The van der Waals surface area contributed by atoms with E-state index in [-0.39, 0.29) is 5.56 Å². The minimum atomic E-state index is -0.155. The van der Waals surface area contributed by atoms with Gasteiger partial charge in [0.25, 0.3) is 5.56 Å². The third-order valence-electron chi connectivity index (χ3n) is 3.02. The summed E-state index contributed by atoms with van der Waals surface area (Å²) in [7, 11) is 1.63. The Hall–Kier alpha value is -2.10. The van der Waals surface area contributed by atoms with Gasteiger partial charge in [-0.25, -0.2) is 4.98 Å². The molecule has 0 aliphatic carbocycles. The van der Waals surface area contributed by atoms with Crippen LogP contribution in [0.2, 0.25) is 0 Å². The first kappa shape index (κ1) is 12.4. The summed E-state index contributed by atoms with van der Waals surface area (Å²) in [5.74, 6) is 1.37. The maximum absolute atomic E-state index is 11.5. The molecule has 1 aromatic heterocycles. The number of H-pyrrole nitrogens is 1. The number of hydrogen-bond acceptors (Lipinski definition) is 3. The van der Waals surface area contributed by atoms with E-state index in [0.717, 1.165) is 22.4 Å². The molecule has 94 valence electrons. The van der Waals surface area contributed by atoms with Gasteiger partial charge in [0.15, 0.2) is 0 Å². The van der Waals surface area contributed by atoms with Crippen LogP contribution in [-0.4, -0.2) is 17.1 Å². The first-order valence-electron chi connectivity index (χ1n) is 5.75. The van der Waals surface area contributed by atoms with Crippen LogP contribution < -0.4 is 10.3 Å². The van der Waals surface area contributed by atoms with Crippen LogP contribution in [0.25, 0.3) is 11.3 Å². The molecule has 1 aromatic carbocycles. The number of aryl methyl sites for hydroxylation is 2. The second-order valence-corrected chi connectivity index (χ2v) is 4.30. The lowest BCUT2D eigenvalue weighted by molar-refractivity contribution is 0.413. The van der Waals surface area contributed by atoms with Crippen molar-refractivity contribution in [3.05, 3.63) is 45.5 Å². The molecule has 0 fully saturated rings. The standard InChI is InChI=1S/C14H16N2O2/c1-8-5-6-11(14(18-4)9(8)2)12-7-13(17)16-10(3)15-12/h5-7H,1-4H3,(H,15,16,17). The summed E-state index contributed by atoms with van der Waals surface area (Å²) in [4.78, 5) is 18.5.